The molecule has 1 N–H and O–H groups in total. The van der Waals surface area contributed by atoms with Crippen molar-refractivity contribution < 1.29 is 17.9 Å². The van der Waals surface area contributed by atoms with Crippen molar-refractivity contribution in [2.75, 3.05) is 12.4 Å². The minimum absolute atomic E-state index is 0.251. The third-order valence-corrected chi connectivity index (χ3v) is 3.17. The average molecular weight is 295 g/mol. The molecule has 0 aromatic heterocycles. The third-order valence-electron chi connectivity index (χ3n) is 3.17. The first kappa shape index (κ1) is 15.2. The minimum Gasteiger partial charge on any atom is -0.497 e. The number of anilines is 1. The van der Waals surface area contributed by atoms with Gasteiger partial charge in [0, 0.05) is 17.8 Å². The molecule has 2 aromatic rings. The highest BCUT2D eigenvalue weighted by Gasteiger charge is 2.30. The van der Waals surface area contributed by atoms with Gasteiger partial charge in [-0.3, -0.25) is 0 Å². The smallest absolute Gasteiger partial charge is 0.416 e. The van der Waals surface area contributed by atoms with Crippen molar-refractivity contribution in [2.45, 2.75) is 19.1 Å². The van der Waals surface area contributed by atoms with Crippen molar-refractivity contribution in [3.8, 4) is 5.75 Å². The highest BCUT2D eigenvalue weighted by molar-refractivity contribution is 5.50. The Morgan fingerprint density at radius 2 is 1.76 bits per heavy atom. The van der Waals surface area contributed by atoms with E-state index < -0.39 is 11.7 Å². The summed E-state index contributed by atoms with van der Waals surface area (Å²) in [6, 6.07) is 12.3. The van der Waals surface area contributed by atoms with E-state index in [9.17, 15) is 13.2 Å². The standard InChI is InChI=1S/C16H16F3NO/c1-11(20-14-7-4-8-15(10-14)21-2)12-5-3-6-13(9-12)16(17,18)19/h3-11,20H,1-2H3. The summed E-state index contributed by atoms with van der Waals surface area (Å²) in [6.45, 7) is 1.81. The number of halogens is 3. The van der Waals surface area contributed by atoms with Crippen molar-refractivity contribution in [2.24, 2.45) is 0 Å². The van der Waals surface area contributed by atoms with Crippen molar-refractivity contribution >= 4 is 5.69 Å². The van der Waals surface area contributed by atoms with E-state index in [4.69, 9.17) is 4.74 Å². The average Bonchev–Trinajstić information content (AvgIpc) is 2.46. The zero-order valence-electron chi connectivity index (χ0n) is 11.7. The molecular weight excluding hydrogens is 279 g/mol. The Morgan fingerprint density at radius 3 is 2.43 bits per heavy atom. The largest absolute Gasteiger partial charge is 0.497 e. The second-order valence-corrected chi connectivity index (χ2v) is 4.72. The molecule has 0 spiro atoms. The molecule has 1 atom stereocenters. The summed E-state index contributed by atoms with van der Waals surface area (Å²) in [6.07, 6.45) is -4.33. The van der Waals surface area contributed by atoms with Gasteiger partial charge in [-0.2, -0.15) is 13.2 Å². The van der Waals surface area contributed by atoms with E-state index in [0.29, 0.717) is 11.3 Å². The van der Waals surface area contributed by atoms with Crippen LogP contribution in [0, 0.1) is 0 Å². The number of ether oxygens (including phenoxy) is 1. The Morgan fingerprint density at radius 1 is 1.05 bits per heavy atom. The lowest BCUT2D eigenvalue weighted by Crippen LogP contribution is -2.10. The molecule has 0 fully saturated rings. The Kier molecular flexibility index (Phi) is 4.40. The third kappa shape index (κ3) is 3.90. The topological polar surface area (TPSA) is 21.3 Å². The van der Waals surface area contributed by atoms with E-state index in [-0.39, 0.29) is 6.04 Å². The van der Waals surface area contributed by atoms with Crippen LogP contribution in [0.15, 0.2) is 48.5 Å². The predicted octanol–water partition coefficient (Wildman–Crippen LogP) is 4.89. The predicted molar refractivity (Wildman–Crippen MR) is 76.5 cm³/mol. The van der Waals surface area contributed by atoms with E-state index in [1.165, 1.54) is 6.07 Å². The molecule has 0 aliphatic heterocycles. The molecule has 0 aliphatic rings. The lowest BCUT2D eigenvalue weighted by molar-refractivity contribution is -0.137. The summed E-state index contributed by atoms with van der Waals surface area (Å²) in [4.78, 5) is 0. The molecule has 21 heavy (non-hydrogen) atoms. The highest BCUT2D eigenvalue weighted by atomic mass is 19.4. The van der Waals surface area contributed by atoms with Crippen LogP contribution in [-0.4, -0.2) is 7.11 Å². The van der Waals surface area contributed by atoms with Gasteiger partial charge in [-0.05, 0) is 36.8 Å². The normalized spacial score (nSPS) is 12.8. The number of alkyl halides is 3. The fraction of sp³-hybridized carbons (Fsp3) is 0.250. The van der Waals surface area contributed by atoms with Crippen LogP contribution in [0.5, 0.6) is 5.75 Å². The maximum Gasteiger partial charge on any atom is 0.416 e. The zero-order chi connectivity index (χ0) is 15.5. The van der Waals surface area contributed by atoms with E-state index in [1.54, 1.807) is 25.3 Å². The second kappa shape index (κ2) is 6.08. The van der Waals surface area contributed by atoms with Gasteiger partial charge in [-0.15, -0.1) is 0 Å². The van der Waals surface area contributed by atoms with E-state index in [2.05, 4.69) is 5.32 Å². The number of hydrogen-bond donors (Lipinski definition) is 1. The summed E-state index contributed by atoms with van der Waals surface area (Å²) in [7, 11) is 1.56. The van der Waals surface area contributed by atoms with Gasteiger partial charge in [0.1, 0.15) is 5.75 Å². The molecule has 5 heteroatoms. The Balaban J connectivity index is 2.18. The van der Waals surface area contributed by atoms with E-state index in [1.807, 2.05) is 19.1 Å². The molecule has 0 saturated carbocycles. The summed E-state index contributed by atoms with van der Waals surface area (Å²) < 4.78 is 43.3. The fourth-order valence-electron chi connectivity index (χ4n) is 2.03. The lowest BCUT2D eigenvalue weighted by Gasteiger charge is -2.17. The van der Waals surface area contributed by atoms with Gasteiger partial charge in [0.25, 0.3) is 0 Å². The molecular formula is C16H16F3NO. The maximum absolute atomic E-state index is 12.7. The van der Waals surface area contributed by atoms with Gasteiger partial charge in [0.2, 0.25) is 0 Å². The first-order chi connectivity index (χ1) is 9.90. The first-order valence-electron chi connectivity index (χ1n) is 6.48. The lowest BCUT2D eigenvalue weighted by atomic mass is 10.0. The van der Waals surface area contributed by atoms with Gasteiger partial charge in [0.05, 0.1) is 12.7 Å². The first-order valence-corrected chi connectivity index (χ1v) is 6.48. The van der Waals surface area contributed by atoms with Crippen LogP contribution in [0.3, 0.4) is 0 Å². The highest BCUT2D eigenvalue weighted by Crippen LogP contribution is 2.31. The quantitative estimate of drug-likeness (QED) is 0.867. The SMILES string of the molecule is COc1cccc(NC(C)c2cccc(C(F)(F)F)c2)c1. The summed E-state index contributed by atoms with van der Waals surface area (Å²) in [5.41, 5.74) is 0.728. The van der Waals surface area contributed by atoms with Gasteiger partial charge in [0.15, 0.2) is 0 Å². The molecule has 0 radical (unpaired) electrons. The molecule has 0 heterocycles. The van der Waals surface area contributed by atoms with Gasteiger partial charge >= 0.3 is 6.18 Å². The summed E-state index contributed by atoms with van der Waals surface area (Å²) >= 11 is 0. The monoisotopic (exact) mass is 295 g/mol. The van der Waals surface area contributed by atoms with Crippen LogP contribution in [0.25, 0.3) is 0 Å². The number of methoxy groups -OCH3 is 1. The number of nitrogens with one attached hydrogen (secondary N) is 1. The van der Waals surface area contributed by atoms with Crippen LogP contribution in [0.2, 0.25) is 0 Å². The van der Waals surface area contributed by atoms with E-state index >= 15 is 0 Å². The van der Waals surface area contributed by atoms with Gasteiger partial charge in [-0.1, -0.05) is 18.2 Å². The molecule has 0 bridgehead atoms. The molecule has 112 valence electrons. The van der Waals surface area contributed by atoms with Crippen LogP contribution < -0.4 is 10.1 Å². The molecule has 2 nitrogen and oxygen atoms in total. The van der Waals surface area contributed by atoms with Crippen LogP contribution >= 0.6 is 0 Å². The Bertz CT molecular complexity index is 610. The summed E-state index contributed by atoms with van der Waals surface area (Å²) in [5.74, 6) is 0.691. The van der Waals surface area contributed by atoms with Crippen LogP contribution in [-0.2, 0) is 6.18 Å². The van der Waals surface area contributed by atoms with Crippen LogP contribution in [0.1, 0.15) is 24.1 Å². The second-order valence-electron chi connectivity index (χ2n) is 4.72. The fourth-order valence-corrected chi connectivity index (χ4v) is 2.03. The van der Waals surface area contributed by atoms with Gasteiger partial charge in [-0.25, -0.2) is 0 Å². The Labute approximate surface area is 121 Å². The maximum atomic E-state index is 12.7. The molecule has 1 unspecified atom stereocenters. The minimum atomic E-state index is -4.33. The van der Waals surface area contributed by atoms with Crippen molar-refractivity contribution in [1.29, 1.82) is 0 Å². The van der Waals surface area contributed by atoms with E-state index in [0.717, 1.165) is 17.8 Å². The van der Waals surface area contributed by atoms with Crippen molar-refractivity contribution in [3.05, 3.63) is 59.7 Å². The number of rotatable bonds is 4. The number of hydrogen-bond acceptors (Lipinski definition) is 2. The van der Waals surface area contributed by atoms with Crippen LogP contribution in [0.4, 0.5) is 18.9 Å². The van der Waals surface area contributed by atoms with Crippen molar-refractivity contribution in [1.82, 2.24) is 0 Å². The van der Waals surface area contributed by atoms with Gasteiger partial charge < -0.3 is 10.1 Å². The number of benzene rings is 2. The molecule has 2 rings (SSSR count). The zero-order valence-corrected chi connectivity index (χ0v) is 11.7. The van der Waals surface area contributed by atoms with Crippen molar-refractivity contribution in [3.63, 3.8) is 0 Å². The molecule has 0 saturated heterocycles. The Hall–Kier alpha value is -2.17. The molecule has 0 amide bonds. The summed E-state index contributed by atoms with van der Waals surface area (Å²) in [5, 5.41) is 3.16. The molecule has 0 aliphatic carbocycles. The molecule has 2 aromatic carbocycles.